The van der Waals surface area contributed by atoms with Crippen molar-refractivity contribution in [1.29, 1.82) is 0 Å². The topological polar surface area (TPSA) is 91.3 Å². The van der Waals surface area contributed by atoms with Crippen LogP contribution in [0.3, 0.4) is 0 Å². The summed E-state index contributed by atoms with van der Waals surface area (Å²) in [4.78, 5) is 30.0. The third kappa shape index (κ3) is 7.03. The van der Waals surface area contributed by atoms with Gasteiger partial charge in [0, 0.05) is 17.6 Å². The number of nitrogens with one attached hydrogen (secondary N) is 2. The molecule has 0 saturated heterocycles. The Balaban J connectivity index is 1.60. The Labute approximate surface area is 184 Å². The first-order chi connectivity index (χ1) is 15.2. The van der Waals surface area contributed by atoms with Crippen LogP contribution in [0.15, 0.2) is 36.5 Å². The molecule has 0 radical (unpaired) electrons. The normalized spacial score (nSPS) is 17.8. The Morgan fingerprint density at radius 1 is 0.935 bits per heavy atom. The highest BCUT2D eigenvalue weighted by Crippen LogP contribution is 2.18. The molecule has 1 atom stereocenters. The van der Waals surface area contributed by atoms with Crippen LogP contribution in [-0.4, -0.2) is 40.6 Å². The quantitative estimate of drug-likeness (QED) is 0.672. The number of hydrogen-bond donors (Lipinski definition) is 3. The standard InChI is InChI=1S/C25H35N3O3/c29-18-23(28-24(30)21-16-17-26-22-15-11-10-14-20(21)22)25(31)27-19-12-8-6-4-2-1-3-5-7-9-13-19/h10-11,14-17,19,23,29H,1-9,12-13,18H2,(H,27,31)(H,28,30)/t23-/m0/s1. The molecular weight excluding hydrogens is 390 g/mol. The SMILES string of the molecule is O=C(N[C@@H](CO)C(=O)NC1CCCCCCCCCCC1)c1ccnc2ccccc12. The van der Waals surface area contributed by atoms with E-state index < -0.39 is 12.6 Å². The van der Waals surface area contributed by atoms with Crippen LogP contribution in [-0.2, 0) is 4.79 Å². The number of aromatic nitrogens is 1. The van der Waals surface area contributed by atoms with Crippen LogP contribution >= 0.6 is 0 Å². The van der Waals surface area contributed by atoms with Gasteiger partial charge in [-0.2, -0.15) is 0 Å². The van der Waals surface area contributed by atoms with E-state index in [1.165, 1.54) is 44.9 Å². The number of carbonyl (C=O) groups excluding carboxylic acids is 2. The van der Waals surface area contributed by atoms with Crippen molar-refractivity contribution in [3.05, 3.63) is 42.1 Å². The maximum absolute atomic E-state index is 12.8. The summed E-state index contributed by atoms with van der Waals surface area (Å²) in [6.45, 7) is -0.437. The zero-order valence-electron chi connectivity index (χ0n) is 18.3. The Kier molecular flexibility index (Phi) is 9.28. The summed E-state index contributed by atoms with van der Waals surface area (Å²) in [5.74, 6) is -0.696. The van der Waals surface area contributed by atoms with Crippen LogP contribution in [0, 0.1) is 0 Å². The minimum Gasteiger partial charge on any atom is -0.394 e. The van der Waals surface area contributed by atoms with Crippen LogP contribution in [0.5, 0.6) is 0 Å². The molecule has 6 heteroatoms. The van der Waals surface area contributed by atoms with Crippen LogP contribution in [0.25, 0.3) is 10.9 Å². The van der Waals surface area contributed by atoms with Crippen LogP contribution in [0.4, 0.5) is 0 Å². The van der Waals surface area contributed by atoms with E-state index in [-0.39, 0.29) is 17.9 Å². The largest absolute Gasteiger partial charge is 0.394 e. The number of pyridine rings is 1. The molecule has 1 heterocycles. The zero-order valence-corrected chi connectivity index (χ0v) is 18.3. The highest BCUT2D eigenvalue weighted by atomic mass is 16.3. The molecule has 168 valence electrons. The lowest BCUT2D eigenvalue weighted by Gasteiger charge is -2.23. The first kappa shape index (κ1) is 23.2. The number of aliphatic hydroxyl groups is 1. The number of para-hydroxylation sites is 1. The average Bonchev–Trinajstić information content (AvgIpc) is 2.78. The second kappa shape index (κ2) is 12.4. The van der Waals surface area contributed by atoms with Crippen molar-refractivity contribution in [2.75, 3.05) is 6.61 Å². The summed E-state index contributed by atoms with van der Waals surface area (Å²) >= 11 is 0. The molecule has 1 fully saturated rings. The maximum atomic E-state index is 12.8. The van der Waals surface area contributed by atoms with Gasteiger partial charge in [0.1, 0.15) is 6.04 Å². The predicted molar refractivity (Wildman–Crippen MR) is 123 cm³/mol. The van der Waals surface area contributed by atoms with Crippen molar-refractivity contribution in [3.63, 3.8) is 0 Å². The third-order valence-corrected chi connectivity index (χ3v) is 6.15. The Morgan fingerprint density at radius 2 is 1.55 bits per heavy atom. The number of aliphatic hydroxyl groups excluding tert-OH is 1. The number of fused-ring (bicyclic) bond motifs is 1. The van der Waals surface area contributed by atoms with Gasteiger partial charge in [0.25, 0.3) is 5.91 Å². The first-order valence-electron chi connectivity index (χ1n) is 11.7. The molecular formula is C25H35N3O3. The van der Waals surface area contributed by atoms with Gasteiger partial charge < -0.3 is 15.7 Å². The first-order valence-corrected chi connectivity index (χ1v) is 11.7. The van der Waals surface area contributed by atoms with E-state index in [2.05, 4.69) is 15.6 Å². The fraction of sp³-hybridized carbons (Fsp3) is 0.560. The molecule has 1 aliphatic rings. The lowest BCUT2D eigenvalue weighted by atomic mass is 9.97. The molecule has 0 spiro atoms. The van der Waals surface area contributed by atoms with Crippen LogP contribution in [0.1, 0.15) is 81.0 Å². The molecule has 3 N–H and O–H groups in total. The molecule has 2 aromatic rings. The van der Waals surface area contributed by atoms with Crippen molar-refractivity contribution < 1.29 is 14.7 Å². The second-order valence-corrected chi connectivity index (χ2v) is 8.55. The molecule has 3 rings (SSSR count). The van der Waals surface area contributed by atoms with E-state index in [4.69, 9.17) is 0 Å². The van der Waals surface area contributed by atoms with Crippen molar-refractivity contribution in [3.8, 4) is 0 Å². The number of rotatable bonds is 5. The van der Waals surface area contributed by atoms with E-state index in [0.717, 1.165) is 31.1 Å². The fourth-order valence-electron chi connectivity index (χ4n) is 4.33. The predicted octanol–water partition coefficient (Wildman–Crippen LogP) is 4.12. The third-order valence-electron chi connectivity index (χ3n) is 6.15. The Bertz CT molecular complexity index is 838. The second-order valence-electron chi connectivity index (χ2n) is 8.55. The number of nitrogens with zero attached hydrogens (tertiary/aromatic N) is 1. The van der Waals surface area contributed by atoms with Crippen molar-refractivity contribution in [2.45, 2.75) is 82.7 Å². The van der Waals surface area contributed by atoms with Crippen molar-refractivity contribution >= 4 is 22.7 Å². The van der Waals surface area contributed by atoms with Gasteiger partial charge in [-0.3, -0.25) is 14.6 Å². The summed E-state index contributed by atoms with van der Waals surface area (Å²) in [5.41, 5.74) is 1.16. The molecule has 31 heavy (non-hydrogen) atoms. The maximum Gasteiger partial charge on any atom is 0.252 e. The monoisotopic (exact) mass is 425 g/mol. The molecule has 0 aliphatic heterocycles. The van der Waals surface area contributed by atoms with Crippen molar-refractivity contribution in [2.24, 2.45) is 0 Å². The average molecular weight is 426 g/mol. The number of hydrogen-bond acceptors (Lipinski definition) is 4. The Morgan fingerprint density at radius 3 is 2.19 bits per heavy atom. The summed E-state index contributed by atoms with van der Waals surface area (Å²) in [6, 6.07) is 8.14. The number of benzene rings is 1. The van der Waals surface area contributed by atoms with Gasteiger partial charge in [-0.25, -0.2) is 0 Å². The number of carbonyl (C=O) groups is 2. The molecule has 1 aromatic carbocycles. The zero-order chi connectivity index (χ0) is 21.9. The van der Waals surface area contributed by atoms with E-state index in [0.29, 0.717) is 11.1 Å². The Hall–Kier alpha value is -2.47. The fourth-order valence-corrected chi connectivity index (χ4v) is 4.33. The molecule has 0 unspecified atom stereocenters. The molecule has 1 saturated carbocycles. The number of amides is 2. The lowest BCUT2D eigenvalue weighted by Crippen LogP contribution is -2.51. The van der Waals surface area contributed by atoms with Gasteiger partial charge in [0.15, 0.2) is 0 Å². The van der Waals surface area contributed by atoms with Crippen LogP contribution in [0.2, 0.25) is 0 Å². The van der Waals surface area contributed by atoms with Gasteiger partial charge in [0.05, 0.1) is 17.7 Å². The van der Waals surface area contributed by atoms with E-state index in [1.807, 2.05) is 24.3 Å². The van der Waals surface area contributed by atoms with E-state index >= 15 is 0 Å². The van der Waals surface area contributed by atoms with Gasteiger partial charge in [0.2, 0.25) is 5.91 Å². The highest BCUT2D eigenvalue weighted by molar-refractivity contribution is 6.07. The molecule has 0 bridgehead atoms. The molecule has 2 amide bonds. The van der Waals surface area contributed by atoms with Crippen molar-refractivity contribution in [1.82, 2.24) is 15.6 Å². The summed E-state index contributed by atoms with van der Waals surface area (Å²) < 4.78 is 0. The highest BCUT2D eigenvalue weighted by Gasteiger charge is 2.24. The summed E-state index contributed by atoms with van der Waals surface area (Å²) in [5, 5.41) is 16.3. The summed E-state index contributed by atoms with van der Waals surface area (Å²) in [7, 11) is 0. The van der Waals surface area contributed by atoms with Gasteiger partial charge >= 0.3 is 0 Å². The van der Waals surface area contributed by atoms with Gasteiger partial charge in [-0.1, -0.05) is 76.0 Å². The van der Waals surface area contributed by atoms with Gasteiger partial charge in [-0.15, -0.1) is 0 Å². The smallest absolute Gasteiger partial charge is 0.252 e. The van der Waals surface area contributed by atoms with Gasteiger partial charge in [-0.05, 0) is 25.0 Å². The summed E-state index contributed by atoms with van der Waals surface area (Å²) in [6.07, 6.45) is 14.5. The molecule has 1 aromatic heterocycles. The lowest BCUT2D eigenvalue weighted by molar-refractivity contribution is -0.124. The minimum atomic E-state index is -0.971. The van der Waals surface area contributed by atoms with Crippen LogP contribution < -0.4 is 10.6 Å². The van der Waals surface area contributed by atoms with E-state index in [9.17, 15) is 14.7 Å². The molecule has 1 aliphatic carbocycles. The molecule has 6 nitrogen and oxygen atoms in total. The van der Waals surface area contributed by atoms with E-state index in [1.54, 1.807) is 12.3 Å². The minimum absolute atomic E-state index is 0.0969.